The molecule has 3 atom stereocenters. The number of morpholine rings is 1. The molecular weight excluding hydrogens is 246 g/mol. The Morgan fingerprint density at radius 3 is 2.30 bits per heavy atom. The monoisotopic (exact) mass is 267 g/mol. The summed E-state index contributed by atoms with van der Waals surface area (Å²) in [5, 5.41) is 3.67. The fourth-order valence-corrected chi connectivity index (χ4v) is 2.82. The molecule has 0 radical (unpaired) electrons. The molecule has 1 N–H and O–H groups in total. The summed E-state index contributed by atoms with van der Waals surface area (Å²) < 4.78 is 6.12. The van der Waals surface area contributed by atoms with Gasteiger partial charge in [-0.05, 0) is 25.0 Å². The van der Waals surface area contributed by atoms with Crippen molar-refractivity contribution in [1.82, 2.24) is 5.32 Å². The maximum absolute atomic E-state index is 6.12. The lowest BCUT2D eigenvalue weighted by Crippen LogP contribution is -2.43. The van der Waals surface area contributed by atoms with E-state index in [0.29, 0.717) is 12.6 Å². The van der Waals surface area contributed by atoms with Gasteiger partial charge in [-0.15, -0.1) is 0 Å². The molecule has 1 saturated heterocycles. The minimum Gasteiger partial charge on any atom is -0.370 e. The van der Waals surface area contributed by atoms with Crippen LogP contribution in [0.1, 0.15) is 35.8 Å². The first-order chi connectivity index (χ1) is 9.74. The predicted molar refractivity (Wildman–Crippen MR) is 81.7 cm³/mol. The molecule has 104 valence electrons. The lowest BCUT2D eigenvalue weighted by molar-refractivity contribution is -0.0253. The van der Waals surface area contributed by atoms with Gasteiger partial charge in [-0.2, -0.15) is 0 Å². The fourth-order valence-electron chi connectivity index (χ4n) is 2.82. The summed E-state index contributed by atoms with van der Waals surface area (Å²) in [5.74, 6) is 0. The maximum atomic E-state index is 6.12. The van der Waals surface area contributed by atoms with Crippen molar-refractivity contribution in [3.8, 4) is 0 Å². The SMILES string of the molecule is Cc1ccc(C2OCC(c3ccccc3)NC2C)cc1. The van der Waals surface area contributed by atoms with Crippen molar-refractivity contribution in [3.05, 3.63) is 71.3 Å². The highest BCUT2D eigenvalue weighted by atomic mass is 16.5. The van der Waals surface area contributed by atoms with E-state index < -0.39 is 0 Å². The second-order valence-corrected chi connectivity index (χ2v) is 5.58. The number of hydrogen-bond donors (Lipinski definition) is 1. The third kappa shape index (κ3) is 2.77. The predicted octanol–water partition coefficient (Wildman–Crippen LogP) is 3.79. The molecule has 0 spiro atoms. The quantitative estimate of drug-likeness (QED) is 0.894. The van der Waals surface area contributed by atoms with Crippen LogP contribution in [0.25, 0.3) is 0 Å². The van der Waals surface area contributed by atoms with Crippen molar-refractivity contribution >= 4 is 0 Å². The second-order valence-electron chi connectivity index (χ2n) is 5.58. The third-order valence-electron chi connectivity index (χ3n) is 3.97. The van der Waals surface area contributed by atoms with Crippen LogP contribution in [0.15, 0.2) is 54.6 Å². The van der Waals surface area contributed by atoms with Crippen LogP contribution >= 0.6 is 0 Å². The molecule has 2 aromatic rings. The van der Waals surface area contributed by atoms with Crippen LogP contribution in [0.4, 0.5) is 0 Å². The summed E-state index contributed by atoms with van der Waals surface area (Å²) in [6, 6.07) is 19.7. The zero-order valence-corrected chi connectivity index (χ0v) is 12.0. The van der Waals surface area contributed by atoms with E-state index in [0.717, 1.165) is 0 Å². The first-order valence-corrected chi connectivity index (χ1v) is 7.23. The lowest BCUT2D eigenvalue weighted by Gasteiger charge is -2.36. The normalized spacial score (nSPS) is 26.4. The van der Waals surface area contributed by atoms with Crippen LogP contribution in [0.5, 0.6) is 0 Å². The van der Waals surface area contributed by atoms with Crippen LogP contribution in [-0.4, -0.2) is 12.6 Å². The van der Waals surface area contributed by atoms with Gasteiger partial charge < -0.3 is 10.1 Å². The highest BCUT2D eigenvalue weighted by Gasteiger charge is 2.29. The van der Waals surface area contributed by atoms with Gasteiger partial charge in [0.2, 0.25) is 0 Å². The maximum Gasteiger partial charge on any atom is 0.0976 e. The minimum absolute atomic E-state index is 0.135. The molecule has 1 fully saturated rings. The van der Waals surface area contributed by atoms with Gasteiger partial charge in [-0.1, -0.05) is 60.2 Å². The Bertz CT molecular complexity index is 549. The summed E-state index contributed by atoms with van der Waals surface area (Å²) in [5.41, 5.74) is 3.83. The van der Waals surface area contributed by atoms with Crippen molar-refractivity contribution in [3.63, 3.8) is 0 Å². The zero-order valence-electron chi connectivity index (χ0n) is 12.0. The van der Waals surface area contributed by atoms with E-state index in [1.807, 2.05) is 6.07 Å². The van der Waals surface area contributed by atoms with E-state index in [4.69, 9.17) is 4.74 Å². The Kier molecular flexibility index (Phi) is 3.86. The first kappa shape index (κ1) is 13.3. The second kappa shape index (κ2) is 5.78. The molecule has 1 aliphatic heterocycles. The smallest absolute Gasteiger partial charge is 0.0976 e. The van der Waals surface area contributed by atoms with E-state index in [2.05, 4.69) is 67.7 Å². The van der Waals surface area contributed by atoms with Crippen molar-refractivity contribution < 1.29 is 4.74 Å². The molecule has 0 aromatic heterocycles. The standard InChI is InChI=1S/C18H21NO/c1-13-8-10-16(11-9-13)18-14(2)19-17(12-20-18)15-6-4-3-5-7-15/h3-11,14,17-19H,12H2,1-2H3. The van der Waals surface area contributed by atoms with E-state index in [9.17, 15) is 0 Å². The Morgan fingerprint density at radius 1 is 0.950 bits per heavy atom. The van der Waals surface area contributed by atoms with Gasteiger partial charge in [-0.25, -0.2) is 0 Å². The van der Waals surface area contributed by atoms with Crippen molar-refractivity contribution in [2.45, 2.75) is 32.0 Å². The van der Waals surface area contributed by atoms with E-state index in [-0.39, 0.29) is 12.1 Å². The minimum atomic E-state index is 0.135. The van der Waals surface area contributed by atoms with Crippen molar-refractivity contribution in [2.75, 3.05) is 6.61 Å². The summed E-state index contributed by atoms with van der Waals surface area (Å²) in [6.45, 7) is 5.02. The number of nitrogens with one attached hydrogen (secondary N) is 1. The number of ether oxygens (including phenoxy) is 1. The van der Waals surface area contributed by atoms with Crippen LogP contribution < -0.4 is 5.32 Å². The number of aryl methyl sites for hydroxylation is 1. The average Bonchev–Trinajstić information content (AvgIpc) is 2.49. The summed E-state index contributed by atoms with van der Waals surface area (Å²) in [4.78, 5) is 0. The number of rotatable bonds is 2. The average molecular weight is 267 g/mol. The number of benzene rings is 2. The fraction of sp³-hybridized carbons (Fsp3) is 0.333. The number of hydrogen-bond acceptors (Lipinski definition) is 2. The van der Waals surface area contributed by atoms with Crippen LogP contribution in [-0.2, 0) is 4.74 Å². The van der Waals surface area contributed by atoms with E-state index in [1.54, 1.807) is 0 Å². The lowest BCUT2D eigenvalue weighted by atomic mass is 9.97. The molecule has 0 bridgehead atoms. The van der Waals surface area contributed by atoms with Gasteiger partial charge >= 0.3 is 0 Å². The van der Waals surface area contributed by atoms with Gasteiger partial charge in [0.1, 0.15) is 0 Å². The zero-order chi connectivity index (χ0) is 13.9. The molecule has 20 heavy (non-hydrogen) atoms. The van der Waals surface area contributed by atoms with E-state index in [1.165, 1.54) is 16.7 Å². The van der Waals surface area contributed by atoms with Gasteiger partial charge in [0.05, 0.1) is 18.8 Å². The molecular formula is C18H21NO. The molecule has 2 aromatic carbocycles. The van der Waals surface area contributed by atoms with Gasteiger partial charge in [-0.3, -0.25) is 0 Å². The molecule has 0 saturated carbocycles. The van der Waals surface area contributed by atoms with Crippen LogP contribution in [0.2, 0.25) is 0 Å². The molecule has 2 nitrogen and oxygen atoms in total. The summed E-state index contributed by atoms with van der Waals surface area (Å²) in [7, 11) is 0. The first-order valence-electron chi connectivity index (χ1n) is 7.23. The van der Waals surface area contributed by atoms with Gasteiger partial charge in [0.15, 0.2) is 0 Å². The van der Waals surface area contributed by atoms with Crippen molar-refractivity contribution in [1.29, 1.82) is 0 Å². The summed E-state index contributed by atoms with van der Waals surface area (Å²) >= 11 is 0. The molecule has 3 unspecified atom stereocenters. The van der Waals surface area contributed by atoms with E-state index >= 15 is 0 Å². The Morgan fingerprint density at radius 2 is 1.65 bits per heavy atom. The van der Waals surface area contributed by atoms with Crippen molar-refractivity contribution in [2.24, 2.45) is 0 Å². The van der Waals surface area contributed by atoms with Gasteiger partial charge in [0.25, 0.3) is 0 Å². The Hall–Kier alpha value is -1.64. The topological polar surface area (TPSA) is 21.3 Å². The summed E-state index contributed by atoms with van der Waals surface area (Å²) in [6.07, 6.45) is 0.135. The highest BCUT2D eigenvalue weighted by Crippen LogP contribution is 2.29. The Labute approximate surface area is 120 Å². The highest BCUT2D eigenvalue weighted by molar-refractivity contribution is 5.26. The Balaban J connectivity index is 1.72. The molecule has 1 heterocycles. The molecule has 0 aliphatic carbocycles. The molecule has 0 amide bonds. The largest absolute Gasteiger partial charge is 0.370 e. The molecule has 2 heteroatoms. The molecule has 3 rings (SSSR count). The molecule has 1 aliphatic rings. The third-order valence-corrected chi connectivity index (χ3v) is 3.97. The van der Waals surface area contributed by atoms with Crippen LogP contribution in [0, 0.1) is 6.92 Å². The van der Waals surface area contributed by atoms with Crippen LogP contribution in [0.3, 0.4) is 0 Å². The van der Waals surface area contributed by atoms with Gasteiger partial charge in [0, 0.05) is 6.04 Å².